The minimum atomic E-state index is -1.26. The molecular weight excluding hydrogens is 534 g/mol. The normalized spacial score (nSPS) is 16.3. The fraction of sp³-hybridized carbons (Fsp3) is 0.292. The van der Waals surface area contributed by atoms with Crippen LogP contribution in [0, 0.1) is 26.1 Å². The Kier molecular flexibility index (Phi) is 9.33. The first-order valence-corrected chi connectivity index (χ1v) is 11.5. The van der Waals surface area contributed by atoms with Crippen molar-refractivity contribution in [2.75, 3.05) is 0 Å². The van der Waals surface area contributed by atoms with Gasteiger partial charge in [0.2, 0.25) is 5.91 Å². The molecule has 1 saturated heterocycles. The molecule has 3 rings (SSSR count). The maximum absolute atomic E-state index is 12.6. The number of nitro benzene ring substituents is 2. The number of nitrogens with one attached hydrogen (secondary N) is 1. The van der Waals surface area contributed by atoms with Crippen LogP contribution in [0.15, 0.2) is 48.5 Å². The van der Waals surface area contributed by atoms with Gasteiger partial charge in [-0.15, -0.1) is 0 Å². The molecule has 3 unspecified atom stereocenters. The number of hydrogen-bond donors (Lipinski definition) is 1. The second kappa shape index (κ2) is 12.8. The van der Waals surface area contributed by atoms with Crippen molar-refractivity contribution in [2.24, 2.45) is 5.92 Å². The van der Waals surface area contributed by atoms with E-state index in [2.05, 4.69) is 10.1 Å². The summed E-state index contributed by atoms with van der Waals surface area (Å²) in [5.41, 5.74) is 8.78. The molecule has 1 aliphatic rings. The van der Waals surface area contributed by atoms with Crippen molar-refractivity contribution in [1.29, 1.82) is 0 Å². The standard InChI is InChI=1S/C24H21N5O11/c1-13(40-24(33)39-12-15-4-8-17(9-5-15)29(36)37)20-18(26-22(20)31)10-19(30)21(27-25)23(32)38-11-14-2-6-16(7-3-14)28(34)35/h2-9,13,18,20H,10-12H2,1H3,(H,26,31). The van der Waals surface area contributed by atoms with Gasteiger partial charge in [-0.25, -0.2) is 9.59 Å². The molecule has 2 aromatic rings. The second-order valence-corrected chi connectivity index (χ2v) is 8.50. The molecule has 0 bridgehead atoms. The lowest BCUT2D eigenvalue weighted by atomic mass is 9.82. The van der Waals surface area contributed by atoms with Gasteiger partial charge in [0.15, 0.2) is 0 Å². The smallest absolute Gasteiger partial charge is 0.452 e. The topological polar surface area (TPSA) is 231 Å². The zero-order chi connectivity index (χ0) is 29.4. The van der Waals surface area contributed by atoms with E-state index in [1.807, 2.05) is 0 Å². The van der Waals surface area contributed by atoms with Gasteiger partial charge in [-0.3, -0.25) is 29.8 Å². The molecule has 16 heteroatoms. The number of esters is 1. The Morgan fingerprint density at radius 3 is 1.90 bits per heavy atom. The number of hydrogen-bond acceptors (Lipinski definition) is 11. The predicted molar refractivity (Wildman–Crippen MR) is 130 cm³/mol. The van der Waals surface area contributed by atoms with Crippen molar-refractivity contribution in [1.82, 2.24) is 5.32 Å². The number of nitrogens with zero attached hydrogens (tertiary/aromatic N) is 4. The number of rotatable bonds is 12. The number of Topliss-reactive ketones (excluding diaryl/α,β-unsaturated/α-hetero) is 1. The molecular formula is C24H21N5O11. The average Bonchev–Trinajstić information content (AvgIpc) is 2.91. The van der Waals surface area contributed by atoms with E-state index in [4.69, 9.17) is 14.2 Å². The Labute approximate surface area is 224 Å². The van der Waals surface area contributed by atoms with Crippen LogP contribution in [0.3, 0.4) is 0 Å². The van der Waals surface area contributed by atoms with Gasteiger partial charge in [0.1, 0.15) is 19.3 Å². The summed E-state index contributed by atoms with van der Waals surface area (Å²) in [5.74, 6) is -3.73. The SMILES string of the molecule is CC(OC(=O)OCc1ccc([N+](=O)[O-])cc1)C1C(=O)NC1CC(=O)C(=[N+]=[N-])C(=O)OCc1ccc([N+](=O)[O-])cc1. The highest BCUT2D eigenvalue weighted by atomic mass is 16.7. The lowest BCUT2D eigenvalue weighted by Gasteiger charge is -2.38. The monoisotopic (exact) mass is 555 g/mol. The van der Waals surface area contributed by atoms with E-state index in [0.29, 0.717) is 11.1 Å². The third-order valence-electron chi connectivity index (χ3n) is 5.84. The van der Waals surface area contributed by atoms with Gasteiger partial charge in [-0.2, -0.15) is 4.79 Å². The maximum atomic E-state index is 12.6. The lowest BCUT2D eigenvalue weighted by Crippen LogP contribution is -2.63. The Morgan fingerprint density at radius 1 is 0.950 bits per heavy atom. The molecule has 1 amide bonds. The van der Waals surface area contributed by atoms with Gasteiger partial charge in [0.05, 0.1) is 21.8 Å². The van der Waals surface area contributed by atoms with Gasteiger partial charge < -0.3 is 25.1 Å². The largest absolute Gasteiger partial charge is 0.508 e. The first kappa shape index (κ1) is 29.1. The van der Waals surface area contributed by atoms with Crippen LogP contribution in [0.5, 0.6) is 0 Å². The summed E-state index contributed by atoms with van der Waals surface area (Å²) in [7, 11) is 0. The predicted octanol–water partition coefficient (Wildman–Crippen LogP) is 2.03. The molecule has 0 aromatic heterocycles. The van der Waals surface area contributed by atoms with E-state index in [-0.39, 0.29) is 24.6 Å². The molecule has 1 heterocycles. The highest BCUT2D eigenvalue weighted by Crippen LogP contribution is 2.25. The summed E-state index contributed by atoms with van der Waals surface area (Å²) >= 11 is 0. The minimum absolute atomic E-state index is 0.135. The molecule has 208 valence electrons. The van der Waals surface area contributed by atoms with Crippen LogP contribution in [-0.2, 0) is 41.8 Å². The number of ether oxygens (including phenoxy) is 3. The van der Waals surface area contributed by atoms with Crippen LogP contribution in [-0.4, -0.2) is 56.3 Å². The van der Waals surface area contributed by atoms with Crippen LogP contribution < -0.4 is 5.32 Å². The number of carbonyl (C=O) groups is 4. The summed E-state index contributed by atoms with van der Waals surface area (Å²) in [4.78, 5) is 71.9. The summed E-state index contributed by atoms with van der Waals surface area (Å²) in [6.07, 6.45) is -2.64. The Morgan fingerprint density at radius 2 is 1.45 bits per heavy atom. The number of non-ortho nitro benzene ring substituents is 2. The average molecular weight is 555 g/mol. The molecule has 1 N–H and O–H groups in total. The molecule has 0 saturated carbocycles. The van der Waals surface area contributed by atoms with Crippen molar-refractivity contribution in [3.8, 4) is 0 Å². The van der Waals surface area contributed by atoms with Crippen LogP contribution in [0.2, 0.25) is 0 Å². The van der Waals surface area contributed by atoms with Crippen LogP contribution in [0.25, 0.3) is 5.53 Å². The van der Waals surface area contributed by atoms with Crippen molar-refractivity contribution in [3.05, 3.63) is 85.4 Å². The molecule has 2 aromatic carbocycles. The van der Waals surface area contributed by atoms with Gasteiger partial charge >= 0.3 is 17.8 Å². The Balaban J connectivity index is 1.49. The van der Waals surface area contributed by atoms with Gasteiger partial charge in [-0.1, -0.05) is 0 Å². The molecule has 40 heavy (non-hydrogen) atoms. The van der Waals surface area contributed by atoms with E-state index in [0.717, 1.165) is 0 Å². The fourth-order valence-corrected chi connectivity index (χ4v) is 3.73. The van der Waals surface area contributed by atoms with E-state index in [1.165, 1.54) is 55.5 Å². The number of amides is 1. The number of ketones is 1. The first-order valence-electron chi connectivity index (χ1n) is 11.5. The highest BCUT2D eigenvalue weighted by molar-refractivity contribution is 6.62. The number of carbonyl (C=O) groups excluding carboxylic acids is 4. The zero-order valence-electron chi connectivity index (χ0n) is 20.8. The molecule has 0 spiro atoms. The Hall–Kier alpha value is -5.50. The molecule has 16 nitrogen and oxygen atoms in total. The zero-order valence-corrected chi connectivity index (χ0v) is 20.8. The molecule has 1 aliphatic heterocycles. The Bertz CT molecular complexity index is 1380. The third kappa shape index (κ3) is 7.29. The summed E-state index contributed by atoms with van der Waals surface area (Å²) in [6.45, 7) is 0.785. The first-order chi connectivity index (χ1) is 19.0. The summed E-state index contributed by atoms with van der Waals surface area (Å²) in [6, 6.07) is 9.49. The van der Waals surface area contributed by atoms with E-state index < -0.39 is 63.9 Å². The molecule has 0 aliphatic carbocycles. The number of β-lactam (4-membered cyclic amide) rings is 1. The van der Waals surface area contributed by atoms with Crippen LogP contribution >= 0.6 is 0 Å². The lowest BCUT2D eigenvalue weighted by molar-refractivity contribution is -0.385. The minimum Gasteiger partial charge on any atom is -0.452 e. The van der Waals surface area contributed by atoms with Crippen molar-refractivity contribution >= 4 is 40.9 Å². The summed E-state index contributed by atoms with van der Waals surface area (Å²) < 4.78 is 15.0. The fourth-order valence-electron chi connectivity index (χ4n) is 3.73. The third-order valence-corrected chi connectivity index (χ3v) is 5.84. The van der Waals surface area contributed by atoms with Crippen molar-refractivity contribution < 1.29 is 48.0 Å². The highest BCUT2D eigenvalue weighted by Gasteiger charge is 2.47. The van der Waals surface area contributed by atoms with Crippen molar-refractivity contribution in [2.45, 2.75) is 38.7 Å². The van der Waals surface area contributed by atoms with E-state index >= 15 is 0 Å². The molecule has 3 atom stereocenters. The summed E-state index contributed by atoms with van der Waals surface area (Å²) in [5, 5.41) is 23.9. The number of nitro groups is 2. The van der Waals surface area contributed by atoms with Crippen molar-refractivity contribution in [3.63, 3.8) is 0 Å². The van der Waals surface area contributed by atoms with Crippen LogP contribution in [0.4, 0.5) is 16.2 Å². The number of benzene rings is 2. The van der Waals surface area contributed by atoms with Gasteiger partial charge in [-0.05, 0) is 42.3 Å². The van der Waals surface area contributed by atoms with Crippen LogP contribution in [0.1, 0.15) is 24.5 Å². The molecule has 1 fully saturated rings. The van der Waals surface area contributed by atoms with Gasteiger partial charge in [0.25, 0.3) is 17.2 Å². The second-order valence-electron chi connectivity index (χ2n) is 8.50. The van der Waals surface area contributed by atoms with Gasteiger partial charge in [0, 0.05) is 30.7 Å². The molecule has 0 radical (unpaired) electrons. The maximum Gasteiger partial charge on any atom is 0.508 e. The van der Waals surface area contributed by atoms with E-state index in [9.17, 15) is 44.9 Å². The quantitative estimate of drug-likeness (QED) is 0.0581. The van der Waals surface area contributed by atoms with E-state index in [1.54, 1.807) is 0 Å².